The van der Waals surface area contributed by atoms with Crippen LogP contribution in [0, 0.1) is 5.41 Å². The van der Waals surface area contributed by atoms with Crippen LogP contribution in [0.4, 0.5) is 5.69 Å². The molecule has 2 rings (SSSR count). The van der Waals surface area contributed by atoms with Gasteiger partial charge in [-0.3, -0.25) is 4.79 Å². The minimum absolute atomic E-state index is 0.0560. The van der Waals surface area contributed by atoms with Crippen LogP contribution in [0.1, 0.15) is 49.9 Å². The van der Waals surface area contributed by atoms with Gasteiger partial charge in [-0.25, -0.2) is 0 Å². The van der Waals surface area contributed by atoms with E-state index in [9.17, 15) is 4.79 Å². The molecular formula is C16H24N2O2. The Labute approximate surface area is 120 Å². The number of hydrogen-bond acceptors (Lipinski definition) is 3. The predicted octanol–water partition coefficient (Wildman–Crippen LogP) is 2.98. The van der Waals surface area contributed by atoms with E-state index in [0.29, 0.717) is 29.0 Å². The Bertz CT molecular complexity index is 476. The third-order valence-corrected chi connectivity index (χ3v) is 4.36. The lowest BCUT2D eigenvalue weighted by Gasteiger charge is -2.41. The third-order valence-electron chi connectivity index (χ3n) is 4.36. The highest BCUT2D eigenvalue weighted by molar-refractivity contribution is 5.95. The number of nitrogens with two attached hydrogens (primary N) is 1. The molecule has 3 N–H and O–H groups in total. The largest absolute Gasteiger partial charge is 0.492 e. The van der Waals surface area contributed by atoms with E-state index in [-0.39, 0.29) is 5.91 Å². The summed E-state index contributed by atoms with van der Waals surface area (Å²) in [5.41, 5.74) is 7.31. The van der Waals surface area contributed by atoms with Gasteiger partial charge in [0.2, 0.25) is 0 Å². The minimum atomic E-state index is -0.0560. The van der Waals surface area contributed by atoms with E-state index in [1.165, 1.54) is 19.3 Å². The summed E-state index contributed by atoms with van der Waals surface area (Å²) < 4.78 is 5.37. The zero-order valence-electron chi connectivity index (χ0n) is 12.4. The average Bonchev–Trinajstić information content (AvgIpc) is 2.40. The molecule has 1 aliphatic carbocycles. The van der Waals surface area contributed by atoms with Crippen LogP contribution in [0.15, 0.2) is 18.2 Å². The Morgan fingerprint density at radius 2 is 2.15 bits per heavy atom. The molecule has 1 amide bonds. The van der Waals surface area contributed by atoms with Gasteiger partial charge in [0.05, 0.1) is 12.3 Å². The van der Waals surface area contributed by atoms with Gasteiger partial charge >= 0.3 is 0 Å². The van der Waals surface area contributed by atoms with Crippen molar-refractivity contribution in [2.45, 2.75) is 39.5 Å². The van der Waals surface area contributed by atoms with Crippen LogP contribution in [-0.2, 0) is 0 Å². The van der Waals surface area contributed by atoms with Gasteiger partial charge in [-0.1, -0.05) is 13.3 Å². The van der Waals surface area contributed by atoms with Crippen LogP contribution in [0.25, 0.3) is 0 Å². The molecule has 0 bridgehead atoms. The fraction of sp³-hybridized carbons (Fsp3) is 0.562. The summed E-state index contributed by atoms with van der Waals surface area (Å²) in [6, 6.07) is 5.20. The Hall–Kier alpha value is -1.71. The average molecular weight is 276 g/mol. The molecule has 1 saturated carbocycles. The molecule has 1 aliphatic rings. The second kappa shape index (κ2) is 6.16. The van der Waals surface area contributed by atoms with E-state index in [2.05, 4.69) is 12.2 Å². The minimum Gasteiger partial charge on any atom is -0.492 e. The standard InChI is InChI=1S/C16H24N2O2/c1-3-16(8-5-9-16)11-18-15(19)12-6-7-14(20-4-2)13(17)10-12/h6-7,10H,3-5,8-9,11,17H2,1-2H3,(H,18,19). The van der Waals surface area contributed by atoms with Gasteiger partial charge < -0.3 is 15.8 Å². The molecular weight excluding hydrogens is 252 g/mol. The zero-order chi connectivity index (χ0) is 14.6. The van der Waals surface area contributed by atoms with E-state index < -0.39 is 0 Å². The van der Waals surface area contributed by atoms with Gasteiger partial charge in [-0.05, 0) is 49.8 Å². The van der Waals surface area contributed by atoms with Crippen molar-refractivity contribution in [3.63, 3.8) is 0 Å². The van der Waals surface area contributed by atoms with Crippen molar-refractivity contribution in [1.29, 1.82) is 0 Å². The summed E-state index contributed by atoms with van der Waals surface area (Å²) in [7, 11) is 0. The normalized spacial score (nSPS) is 16.3. The molecule has 4 nitrogen and oxygen atoms in total. The molecule has 1 aromatic carbocycles. The first-order chi connectivity index (χ1) is 9.60. The molecule has 0 radical (unpaired) electrons. The lowest BCUT2D eigenvalue weighted by molar-refractivity contribution is 0.0850. The van der Waals surface area contributed by atoms with Gasteiger partial charge in [-0.2, -0.15) is 0 Å². The van der Waals surface area contributed by atoms with Crippen LogP contribution >= 0.6 is 0 Å². The number of amides is 1. The molecule has 0 spiro atoms. The third kappa shape index (κ3) is 3.06. The Kier molecular flexibility index (Phi) is 4.53. The number of carbonyl (C=O) groups excluding carboxylic acids is 1. The zero-order valence-corrected chi connectivity index (χ0v) is 12.4. The second-order valence-corrected chi connectivity index (χ2v) is 5.58. The SMILES string of the molecule is CCOc1ccc(C(=O)NCC2(CC)CCC2)cc1N. The van der Waals surface area contributed by atoms with Crippen molar-refractivity contribution in [2.24, 2.45) is 5.41 Å². The fourth-order valence-corrected chi connectivity index (χ4v) is 2.68. The van der Waals surface area contributed by atoms with Gasteiger partial charge in [0.15, 0.2) is 0 Å². The number of carbonyl (C=O) groups is 1. The second-order valence-electron chi connectivity index (χ2n) is 5.58. The molecule has 110 valence electrons. The first-order valence-corrected chi connectivity index (χ1v) is 7.41. The monoisotopic (exact) mass is 276 g/mol. The highest BCUT2D eigenvalue weighted by Crippen LogP contribution is 2.43. The molecule has 0 heterocycles. The molecule has 20 heavy (non-hydrogen) atoms. The fourth-order valence-electron chi connectivity index (χ4n) is 2.68. The van der Waals surface area contributed by atoms with Crippen molar-refractivity contribution >= 4 is 11.6 Å². The highest BCUT2D eigenvalue weighted by atomic mass is 16.5. The van der Waals surface area contributed by atoms with E-state index in [0.717, 1.165) is 13.0 Å². The summed E-state index contributed by atoms with van der Waals surface area (Å²) in [6.07, 6.45) is 4.84. The molecule has 0 unspecified atom stereocenters. The maximum atomic E-state index is 12.2. The van der Waals surface area contributed by atoms with Crippen LogP contribution in [0.2, 0.25) is 0 Å². The number of rotatable bonds is 6. The van der Waals surface area contributed by atoms with Gasteiger partial charge in [0.25, 0.3) is 5.91 Å². The first-order valence-electron chi connectivity index (χ1n) is 7.41. The molecule has 1 fully saturated rings. The summed E-state index contributed by atoms with van der Waals surface area (Å²) in [6.45, 7) is 5.42. The molecule has 0 aromatic heterocycles. The molecule has 1 aromatic rings. The summed E-state index contributed by atoms with van der Waals surface area (Å²) in [4.78, 5) is 12.2. The molecule has 0 aliphatic heterocycles. The first kappa shape index (κ1) is 14.7. The highest BCUT2D eigenvalue weighted by Gasteiger charge is 2.35. The van der Waals surface area contributed by atoms with Crippen molar-refractivity contribution in [3.8, 4) is 5.75 Å². The predicted molar refractivity (Wildman–Crippen MR) is 80.9 cm³/mol. The van der Waals surface area contributed by atoms with E-state index in [4.69, 9.17) is 10.5 Å². The van der Waals surface area contributed by atoms with Gasteiger partial charge in [0, 0.05) is 12.1 Å². The number of nitrogens with one attached hydrogen (secondary N) is 1. The summed E-state index contributed by atoms with van der Waals surface area (Å²) in [5.74, 6) is 0.576. The number of hydrogen-bond donors (Lipinski definition) is 2. The van der Waals surface area contributed by atoms with Crippen LogP contribution < -0.4 is 15.8 Å². The van der Waals surface area contributed by atoms with Crippen LogP contribution in [0.3, 0.4) is 0 Å². The lowest BCUT2D eigenvalue weighted by atomic mass is 9.67. The number of benzene rings is 1. The number of ether oxygens (including phenoxy) is 1. The Balaban J connectivity index is 1.97. The van der Waals surface area contributed by atoms with Crippen molar-refractivity contribution in [2.75, 3.05) is 18.9 Å². The van der Waals surface area contributed by atoms with Crippen molar-refractivity contribution in [3.05, 3.63) is 23.8 Å². The Morgan fingerprint density at radius 3 is 2.65 bits per heavy atom. The number of anilines is 1. The van der Waals surface area contributed by atoms with Crippen molar-refractivity contribution in [1.82, 2.24) is 5.32 Å². The number of nitrogen functional groups attached to an aromatic ring is 1. The van der Waals surface area contributed by atoms with Gasteiger partial charge in [0.1, 0.15) is 5.75 Å². The van der Waals surface area contributed by atoms with Crippen LogP contribution in [-0.4, -0.2) is 19.1 Å². The van der Waals surface area contributed by atoms with Crippen molar-refractivity contribution < 1.29 is 9.53 Å². The molecule has 0 atom stereocenters. The quantitative estimate of drug-likeness (QED) is 0.785. The maximum absolute atomic E-state index is 12.2. The molecule has 0 saturated heterocycles. The van der Waals surface area contributed by atoms with E-state index in [1.54, 1.807) is 18.2 Å². The molecule has 4 heteroatoms. The summed E-state index contributed by atoms with van der Waals surface area (Å²) in [5, 5.41) is 3.04. The topological polar surface area (TPSA) is 64.3 Å². The smallest absolute Gasteiger partial charge is 0.251 e. The van der Waals surface area contributed by atoms with Gasteiger partial charge in [-0.15, -0.1) is 0 Å². The van der Waals surface area contributed by atoms with E-state index in [1.807, 2.05) is 6.92 Å². The van der Waals surface area contributed by atoms with Crippen LogP contribution in [0.5, 0.6) is 5.75 Å². The summed E-state index contributed by atoms with van der Waals surface area (Å²) >= 11 is 0. The maximum Gasteiger partial charge on any atom is 0.251 e. The lowest BCUT2D eigenvalue weighted by Crippen LogP contribution is -2.41. The van der Waals surface area contributed by atoms with E-state index >= 15 is 0 Å². The Morgan fingerprint density at radius 1 is 1.40 bits per heavy atom.